The highest BCUT2D eigenvalue weighted by atomic mass is 35.5. The predicted molar refractivity (Wildman–Crippen MR) is 181 cm³/mol. The van der Waals surface area contributed by atoms with E-state index >= 15 is 8.78 Å². The molecule has 4 amide bonds. The maximum atomic E-state index is 15.9. The van der Waals surface area contributed by atoms with Gasteiger partial charge in [-0.2, -0.15) is 18.1 Å². The number of rotatable bonds is 6. The van der Waals surface area contributed by atoms with Crippen LogP contribution in [0.25, 0.3) is 0 Å². The summed E-state index contributed by atoms with van der Waals surface area (Å²) in [6.07, 6.45) is -7.86. The lowest BCUT2D eigenvalue weighted by molar-refractivity contribution is -0.137. The molecule has 2 N–H and O–H groups in total. The van der Waals surface area contributed by atoms with E-state index in [0.29, 0.717) is 12.1 Å². The third-order valence-electron chi connectivity index (χ3n) is 7.11. The molecule has 3 aromatic carbocycles. The Morgan fingerprint density at radius 1 is 0.808 bits per heavy atom. The Kier molecular flexibility index (Phi) is 11.2. The molecule has 0 aromatic heterocycles. The number of halogens is 9. The second-order valence-corrected chi connectivity index (χ2v) is 15.4. The lowest BCUT2D eigenvalue weighted by atomic mass is 10.0. The number of hydrogen-bond donors (Lipinski definition) is 2. The van der Waals surface area contributed by atoms with E-state index < -0.39 is 91.9 Å². The van der Waals surface area contributed by atoms with Gasteiger partial charge in [0, 0.05) is 11.6 Å². The van der Waals surface area contributed by atoms with Gasteiger partial charge >= 0.3 is 18.4 Å². The highest BCUT2D eigenvalue weighted by Gasteiger charge is 2.68. The fraction of sp³-hybridized carbons (Fsp3) is 0.353. The van der Waals surface area contributed by atoms with Crippen LogP contribution in [0.5, 0.6) is 0 Å². The van der Waals surface area contributed by atoms with Crippen LogP contribution in [0.3, 0.4) is 0 Å². The summed E-state index contributed by atoms with van der Waals surface area (Å²) in [5.41, 5.74) is -6.39. The fourth-order valence-electron chi connectivity index (χ4n) is 4.92. The first-order valence-electron chi connectivity index (χ1n) is 15.1. The molecule has 1 saturated carbocycles. The molecule has 0 radical (unpaired) electrons. The SMILES string of the molecule is CC(C)(C)OC(=O)N(C(=O)OC(C)(C)C)c1c(F)ccc(NC(=O)c2cc(NC(=O)[C@H]3[C@H](c4cc(F)cc(C(F)(F)F)c4)C3(Cl)Cl)ccc2Cl)c1F. The van der Waals surface area contributed by atoms with Crippen molar-refractivity contribution in [3.05, 3.63) is 87.7 Å². The smallest absolute Gasteiger partial charge is 0.424 e. The summed E-state index contributed by atoms with van der Waals surface area (Å²) in [6, 6.07) is 6.63. The second kappa shape index (κ2) is 14.3. The average molecular weight is 797 g/mol. The van der Waals surface area contributed by atoms with Gasteiger partial charge in [-0.05, 0) is 95.6 Å². The van der Waals surface area contributed by atoms with Crippen molar-refractivity contribution in [2.45, 2.75) is 69.2 Å². The topological polar surface area (TPSA) is 114 Å². The number of hydrogen-bond acceptors (Lipinski definition) is 6. The molecule has 1 aliphatic carbocycles. The largest absolute Gasteiger partial charge is 0.443 e. The molecule has 0 saturated heterocycles. The molecule has 3 aromatic rings. The molecule has 9 nitrogen and oxygen atoms in total. The van der Waals surface area contributed by atoms with Crippen LogP contribution in [0.2, 0.25) is 5.02 Å². The van der Waals surface area contributed by atoms with E-state index in [2.05, 4.69) is 10.6 Å². The minimum absolute atomic E-state index is 0.00658. The summed E-state index contributed by atoms with van der Waals surface area (Å²) in [4.78, 5) is 52.6. The van der Waals surface area contributed by atoms with E-state index in [1.165, 1.54) is 53.7 Å². The molecular formula is C34H30Cl3F6N3O6. The van der Waals surface area contributed by atoms with Crippen LogP contribution in [-0.2, 0) is 20.4 Å². The van der Waals surface area contributed by atoms with Gasteiger partial charge in [0.05, 0.1) is 27.8 Å². The van der Waals surface area contributed by atoms with Crippen molar-refractivity contribution >= 4 is 75.9 Å². The molecule has 0 spiro atoms. The van der Waals surface area contributed by atoms with Gasteiger partial charge < -0.3 is 20.1 Å². The summed E-state index contributed by atoms with van der Waals surface area (Å²) in [6.45, 7) is 8.69. The third kappa shape index (κ3) is 9.22. The van der Waals surface area contributed by atoms with Gasteiger partial charge in [0.15, 0.2) is 11.6 Å². The average Bonchev–Trinajstić information content (AvgIpc) is 3.56. The van der Waals surface area contributed by atoms with Crippen LogP contribution in [0.4, 0.5) is 53.0 Å². The molecule has 0 aliphatic heterocycles. The number of anilines is 3. The summed E-state index contributed by atoms with van der Waals surface area (Å²) in [5.74, 6) is -8.78. The highest BCUT2D eigenvalue weighted by molar-refractivity contribution is 6.53. The number of amides is 4. The maximum Gasteiger partial charge on any atom is 0.424 e. The number of ether oxygens (including phenoxy) is 2. The van der Waals surface area contributed by atoms with Crippen LogP contribution in [-0.4, -0.2) is 39.5 Å². The lowest BCUT2D eigenvalue weighted by Crippen LogP contribution is -2.44. The third-order valence-corrected chi connectivity index (χ3v) is 8.38. The van der Waals surface area contributed by atoms with Gasteiger partial charge in [-0.3, -0.25) is 9.59 Å². The van der Waals surface area contributed by atoms with Gasteiger partial charge in [0.1, 0.15) is 27.0 Å². The second-order valence-electron chi connectivity index (χ2n) is 13.6. The van der Waals surface area contributed by atoms with Gasteiger partial charge in [0.2, 0.25) is 5.91 Å². The minimum Gasteiger partial charge on any atom is -0.443 e. The Labute approximate surface area is 308 Å². The molecular weight excluding hydrogens is 767 g/mol. The number of alkyl halides is 5. The molecule has 52 heavy (non-hydrogen) atoms. The standard InChI is InChI=1S/C34H30Cl3F6N3O6/c1-31(2,3)51-29(49)46(30(50)52-32(4,5)6)26-21(39)9-10-22(25(26)40)45-27(47)19-14-18(7-8-20(19)35)44-28(48)24-23(33(24,36)37)15-11-16(34(41,42)43)13-17(38)12-15/h7-14,23-24H,1-6H3,(H,44,48)(H,45,47)/t23-,24+/m0/s1. The zero-order chi connectivity index (χ0) is 39.3. The molecule has 1 aliphatic rings. The van der Waals surface area contributed by atoms with Crippen LogP contribution >= 0.6 is 34.8 Å². The van der Waals surface area contributed by atoms with Crippen LogP contribution in [0.1, 0.15) is 68.9 Å². The maximum absolute atomic E-state index is 15.9. The van der Waals surface area contributed by atoms with Crippen molar-refractivity contribution in [3.63, 3.8) is 0 Å². The normalized spacial score (nSPS) is 16.8. The zero-order valence-electron chi connectivity index (χ0n) is 28.1. The lowest BCUT2D eigenvalue weighted by Gasteiger charge is -2.29. The summed E-state index contributed by atoms with van der Waals surface area (Å²) in [7, 11) is 0. The van der Waals surface area contributed by atoms with Crippen molar-refractivity contribution in [3.8, 4) is 0 Å². The predicted octanol–water partition coefficient (Wildman–Crippen LogP) is 10.2. The highest BCUT2D eigenvalue weighted by Crippen LogP contribution is 2.65. The van der Waals surface area contributed by atoms with E-state index in [-0.39, 0.29) is 32.8 Å². The number of nitrogens with zero attached hydrogens (tertiary/aromatic N) is 1. The molecule has 2 atom stereocenters. The number of imide groups is 1. The number of carbonyl (C=O) groups excluding carboxylic acids is 4. The Morgan fingerprint density at radius 2 is 1.38 bits per heavy atom. The zero-order valence-corrected chi connectivity index (χ0v) is 30.3. The molecule has 0 bridgehead atoms. The van der Waals surface area contributed by atoms with Crippen molar-refractivity contribution in [2.24, 2.45) is 5.92 Å². The van der Waals surface area contributed by atoms with Crippen LogP contribution < -0.4 is 15.5 Å². The molecule has 280 valence electrons. The Hall–Kier alpha value is -4.21. The van der Waals surface area contributed by atoms with Crippen molar-refractivity contribution in [2.75, 3.05) is 15.5 Å². The van der Waals surface area contributed by atoms with Gasteiger partial charge in [-0.1, -0.05) is 11.6 Å². The molecule has 4 rings (SSSR count). The van der Waals surface area contributed by atoms with Gasteiger partial charge in [0.25, 0.3) is 5.91 Å². The number of benzene rings is 3. The van der Waals surface area contributed by atoms with Crippen LogP contribution in [0, 0.1) is 23.4 Å². The monoisotopic (exact) mass is 795 g/mol. The number of carbonyl (C=O) groups is 4. The van der Waals surface area contributed by atoms with Crippen molar-refractivity contribution in [1.82, 2.24) is 0 Å². The first-order chi connectivity index (χ1) is 23.7. The molecule has 18 heteroatoms. The van der Waals surface area contributed by atoms with E-state index in [0.717, 1.165) is 18.2 Å². The Morgan fingerprint density at radius 3 is 1.92 bits per heavy atom. The van der Waals surface area contributed by atoms with E-state index in [1.807, 2.05) is 0 Å². The molecule has 0 unspecified atom stereocenters. The molecule has 0 heterocycles. The minimum atomic E-state index is -4.89. The first-order valence-corrected chi connectivity index (χ1v) is 16.3. The quantitative estimate of drug-likeness (QED) is 0.190. The van der Waals surface area contributed by atoms with E-state index in [9.17, 15) is 36.7 Å². The summed E-state index contributed by atoms with van der Waals surface area (Å²) < 4.78 is 93.4. The first kappa shape index (κ1) is 40.6. The fourth-order valence-corrected chi connectivity index (χ4v) is 5.96. The Bertz CT molecular complexity index is 1920. The number of nitrogens with one attached hydrogen (secondary N) is 2. The van der Waals surface area contributed by atoms with E-state index in [4.69, 9.17) is 44.3 Å². The van der Waals surface area contributed by atoms with Crippen molar-refractivity contribution < 1.29 is 55.0 Å². The van der Waals surface area contributed by atoms with Crippen LogP contribution in [0.15, 0.2) is 48.5 Å². The van der Waals surface area contributed by atoms with Gasteiger partial charge in [-0.25, -0.2) is 22.8 Å². The Balaban J connectivity index is 1.60. The molecule has 1 fully saturated rings. The summed E-state index contributed by atoms with van der Waals surface area (Å²) in [5, 5.41) is 4.37. The summed E-state index contributed by atoms with van der Waals surface area (Å²) >= 11 is 18.7. The van der Waals surface area contributed by atoms with E-state index in [1.54, 1.807) is 0 Å². The van der Waals surface area contributed by atoms with Crippen molar-refractivity contribution in [1.29, 1.82) is 0 Å². The van der Waals surface area contributed by atoms with Gasteiger partial charge in [-0.15, -0.1) is 23.2 Å².